The largest absolute Gasteiger partial charge is 0.326 e. The number of likely N-dealkylation sites (tertiary alicyclic amines) is 1. The number of nitrogens with two attached hydrogens (primary N) is 1. The van der Waals surface area contributed by atoms with Crippen LogP contribution in [0.2, 0.25) is 0 Å². The van der Waals surface area contributed by atoms with Crippen LogP contribution in [0.3, 0.4) is 0 Å². The average molecular weight is 296 g/mol. The smallest absolute Gasteiger partial charge is 0.325 e. The van der Waals surface area contributed by atoms with Crippen molar-refractivity contribution in [2.75, 3.05) is 26.2 Å². The van der Waals surface area contributed by atoms with Crippen LogP contribution in [-0.2, 0) is 4.79 Å². The number of unbranched alkanes of at least 4 members (excludes halogenated alkanes) is 1. The third-order valence-corrected chi connectivity index (χ3v) is 4.72. The zero-order valence-electron chi connectivity index (χ0n) is 13.2. The highest BCUT2D eigenvalue weighted by atomic mass is 16.2. The van der Waals surface area contributed by atoms with Crippen molar-refractivity contribution in [2.24, 2.45) is 5.73 Å². The first-order valence-electron chi connectivity index (χ1n) is 8.14. The molecule has 2 aliphatic heterocycles. The van der Waals surface area contributed by atoms with Crippen LogP contribution in [0.15, 0.2) is 0 Å². The first-order chi connectivity index (χ1) is 10.0. The van der Waals surface area contributed by atoms with Gasteiger partial charge in [-0.3, -0.25) is 9.69 Å². The van der Waals surface area contributed by atoms with E-state index in [1.165, 1.54) is 17.7 Å². The second-order valence-corrected chi connectivity index (χ2v) is 6.29. The summed E-state index contributed by atoms with van der Waals surface area (Å²) in [5.74, 6) is -0.0773. The van der Waals surface area contributed by atoms with Crippen molar-refractivity contribution in [1.29, 1.82) is 0 Å². The van der Waals surface area contributed by atoms with Gasteiger partial charge in [0, 0.05) is 25.7 Å². The molecule has 6 heteroatoms. The van der Waals surface area contributed by atoms with E-state index in [-0.39, 0.29) is 18.0 Å². The topological polar surface area (TPSA) is 78.7 Å². The maximum absolute atomic E-state index is 12.6. The fraction of sp³-hybridized carbons (Fsp3) is 0.867. The fourth-order valence-electron chi connectivity index (χ4n) is 3.08. The normalized spacial score (nSPS) is 23.7. The molecule has 1 unspecified atom stereocenters. The summed E-state index contributed by atoms with van der Waals surface area (Å²) in [6, 6.07) is -0.412. The van der Waals surface area contributed by atoms with Crippen molar-refractivity contribution in [3.8, 4) is 0 Å². The molecule has 0 bridgehead atoms. The van der Waals surface area contributed by atoms with Crippen molar-refractivity contribution in [1.82, 2.24) is 15.1 Å². The Morgan fingerprint density at radius 3 is 2.52 bits per heavy atom. The Bertz CT molecular complexity index is 391. The number of nitrogens with one attached hydrogen (secondary N) is 1. The van der Waals surface area contributed by atoms with Crippen molar-refractivity contribution in [2.45, 2.75) is 57.5 Å². The molecular formula is C15H28N4O2. The van der Waals surface area contributed by atoms with Crippen LogP contribution in [0.4, 0.5) is 4.79 Å². The molecule has 0 aromatic rings. The SMILES string of the molecule is CCCCN1CCC2(CC1)NC(=O)N(CC(N)CC)C2=O. The van der Waals surface area contributed by atoms with Crippen molar-refractivity contribution in [3.05, 3.63) is 0 Å². The summed E-state index contributed by atoms with van der Waals surface area (Å²) in [6.45, 7) is 7.30. The Balaban J connectivity index is 1.96. The number of piperidine rings is 1. The Labute approximate surface area is 127 Å². The van der Waals surface area contributed by atoms with Gasteiger partial charge in [0.15, 0.2) is 0 Å². The Morgan fingerprint density at radius 2 is 1.95 bits per heavy atom. The van der Waals surface area contributed by atoms with Gasteiger partial charge in [-0.25, -0.2) is 4.79 Å². The van der Waals surface area contributed by atoms with E-state index >= 15 is 0 Å². The molecule has 2 fully saturated rings. The predicted molar refractivity (Wildman–Crippen MR) is 81.8 cm³/mol. The number of amides is 3. The van der Waals surface area contributed by atoms with Crippen LogP contribution in [0.1, 0.15) is 46.0 Å². The maximum atomic E-state index is 12.6. The number of carbonyl (C=O) groups excluding carboxylic acids is 2. The maximum Gasteiger partial charge on any atom is 0.325 e. The molecule has 2 heterocycles. The van der Waals surface area contributed by atoms with Crippen LogP contribution >= 0.6 is 0 Å². The summed E-state index contributed by atoms with van der Waals surface area (Å²) >= 11 is 0. The zero-order chi connectivity index (χ0) is 15.5. The van der Waals surface area contributed by atoms with Gasteiger partial charge in [-0.05, 0) is 32.2 Å². The van der Waals surface area contributed by atoms with E-state index in [2.05, 4.69) is 17.1 Å². The zero-order valence-corrected chi connectivity index (χ0v) is 13.2. The first-order valence-corrected chi connectivity index (χ1v) is 8.14. The lowest BCUT2D eigenvalue weighted by molar-refractivity contribution is -0.133. The lowest BCUT2D eigenvalue weighted by Crippen LogP contribution is -2.55. The molecule has 3 amide bonds. The van der Waals surface area contributed by atoms with Gasteiger partial charge < -0.3 is 16.0 Å². The highest BCUT2D eigenvalue weighted by molar-refractivity contribution is 6.07. The molecule has 1 spiro atoms. The fourth-order valence-corrected chi connectivity index (χ4v) is 3.08. The van der Waals surface area contributed by atoms with Crippen LogP contribution in [0.5, 0.6) is 0 Å². The summed E-state index contributed by atoms with van der Waals surface area (Å²) < 4.78 is 0. The number of hydrogen-bond donors (Lipinski definition) is 2. The minimum Gasteiger partial charge on any atom is -0.326 e. The summed E-state index contributed by atoms with van der Waals surface area (Å²) in [5.41, 5.74) is 5.22. The molecule has 2 saturated heterocycles. The second kappa shape index (κ2) is 6.75. The van der Waals surface area contributed by atoms with Gasteiger partial charge in [0.2, 0.25) is 0 Å². The molecule has 1 atom stereocenters. The average Bonchev–Trinajstić information content (AvgIpc) is 2.71. The Morgan fingerprint density at radius 1 is 1.29 bits per heavy atom. The summed E-state index contributed by atoms with van der Waals surface area (Å²) in [5, 5.41) is 2.93. The van der Waals surface area contributed by atoms with E-state index in [4.69, 9.17) is 5.73 Å². The molecular weight excluding hydrogens is 268 g/mol. The molecule has 3 N–H and O–H groups in total. The van der Waals surface area contributed by atoms with Crippen LogP contribution in [0.25, 0.3) is 0 Å². The number of imide groups is 1. The minimum atomic E-state index is -0.673. The molecule has 0 aromatic carbocycles. The van der Waals surface area contributed by atoms with E-state index < -0.39 is 5.54 Å². The van der Waals surface area contributed by atoms with Crippen LogP contribution < -0.4 is 11.1 Å². The lowest BCUT2D eigenvalue weighted by atomic mass is 9.87. The van der Waals surface area contributed by atoms with Gasteiger partial charge >= 0.3 is 6.03 Å². The summed E-state index contributed by atoms with van der Waals surface area (Å²) in [7, 11) is 0. The quantitative estimate of drug-likeness (QED) is 0.714. The number of carbonyl (C=O) groups is 2. The molecule has 120 valence electrons. The first kappa shape index (κ1) is 16.2. The van der Waals surface area contributed by atoms with Gasteiger partial charge in [0.05, 0.1) is 0 Å². The minimum absolute atomic E-state index is 0.0773. The summed E-state index contributed by atoms with van der Waals surface area (Å²) in [4.78, 5) is 28.4. The lowest BCUT2D eigenvalue weighted by Gasteiger charge is -2.37. The van der Waals surface area contributed by atoms with Crippen molar-refractivity contribution in [3.63, 3.8) is 0 Å². The monoisotopic (exact) mass is 296 g/mol. The number of rotatable bonds is 6. The second-order valence-electron chi connectivity index (χ2n) is 6.29. The van der Waals surface area contributed by atoms with Gasteiger partial charge in [-0.2, -0.15) is 0 Å². The highest BCUT2D eigenvalue weighted by Gasteiger charge is 2.52. The molecule has 0 aliphatic carbocycles. The molecule has 0 aromatic heterocycles. The van der Waals surface area contributed by atoms with Gasteiger partial charge in [-0.15, -0.1) is 0 Å². The standard InChI is InChI=1S/C15H28N4O2/c1-3-5-8-18-9-6-15(7-10-18)13(20)19(14(21)17-15)11-12(16)4-2/h12H,3-11,16H2,1-2H3,(H,17,21). The molecule has 2 aliphatic rings. The van der Waals surface area contributed by atoms with E-state index in [1.54, 1.807) is 0 Å². The predicted octanol–water partition coefficient (Wildman–Crippen LogP) is 0.910. The van der Waals surface area contributed by atoms with E-state index in [0.717, 1.165) is 26.1 Å². The van der Waals surface area contributed by atoms with E-state index in [1.807, 2.05) is 6.92 Å². The van der Waals surface area contributed by atoms with Gasteiger partial charge in [-0.1, -0.05) is 20.3 Å². The number of nitrogens with zero attached hydrogens (tertiary/aromatic N) is 2. The van der Waals surface area contributed by atoms with Crippen molar-refractivity contribution < 1.29 is 9.59 Å². The Kier molecular flexibility index (Phi) is 5.22. The number of hydrogen-bond acceptors (Lipinski definition) is 4. The molecule has 21 heavy (non-hydrogen) atoms. The molecule has 2 rings (SSSR count). The van der Waals surface area contributed by atoms with Crippen LogP contribution in [-0.4, -0.2) is 59.5 Å². The third kappa shape index (κ3) is 3.37. The highest BCUT2D eigenvalue weighted by Crippen LogP contribution is 2.29. The third-order valence-electron chi connectivity index (χ3n) is 4.72. The summed E-state index contributed by atoms with van der Waals surface area (Å²) in [6.07, 6.45) is 4.54. The molecule has 6 nitrogen and oxygen atoms in total. The Hall–Kier alpha value is -1.14. The number of urea groups is 1. The van der Waals surface area contributed by atoms with Gasteiger partial charge in [0.1, 0.15) is 5.54 Å². The van der Waals surface area contributed by atoms with Crippen LogP contribution in [0, 0.1) is 0 Å². The molecule has 0 radical (unpaired) electrons. The van der Waals surface area contributed by atoms with Gasteiger partial charge in [0.25, 0.3) is 5.91 Å². The molecule has 0 saturated carbocycles. The van der Waals surface area contributed by atoms with E-state index in [9.17, 15) is 9.59 Å². The van der Waals surface area contributed by atoms with Crippen molar-refractivity contribution >= 4 is 11.9 Å². The van der Waals surface area contributed by atoms with E-state index in [0.29, 0.717) is 19.4 Å².